The van der Waals surface area contributed by atoms with E-state index >= 15 is 0 Å². The summed E-state index contributed by atoms with van der Waals surface area (Å²) in [5, 5.41) is 0. The van der Waals surface area contributed by atoms with E-state index in [1.165, 1.54) is 53.2 Å². The van der Waals surface area contributed by atoms with Gasteiger partial charge in [0.1, 0.15) is 11.4 Å². The van der Waals surface area contributed by atoms with Gasteiger partial charge < -0.3 is 9.47 Å². The Morgan fingerprint density at radius 1 is 0.757 bits per heavy atom. The van der Waals surface area contributed by atoms with Crippen molar-refractivity contribution in [2.75, 3.05) is 6.61 Å². The molecule has 3 aromatic rings. The van der Waals surface area contributed by atoms with E-state index < -0.39 is 0 Å². The van der Waals surface area contributed by atoms with Gasteiger partial charge in [0.2, 0.25) is 0 Å². The van der Waals surface area contributed by atoms with Gasteiger partial charge in [-0.25, -0.2) is 4.79 Å². The summed E-state index contributed by atoms with van der Waals surface area (Å²) in [6.45, 7) is 2.16. The van der Waals surface area contributed by atoms with Crippen LogP contribution in [0, 0.1) is 23.7 Å². The normalized spacial score (nSPS) is 28.5. The van der Waals surface area contributed by atoms with Crippen LogP contribution in [0.2, 0.25) is 0 Å². The molecule has 4 aliphatic carbocycles. The molecular weight excluding hydrogens is 476 g/mol. The van der Waals surface area contributed by atoms with Crippen molar-refractivity contribution in [3.63, 3.8) is 0 Å². The minimum atomic E-state index is -0.345. The maximum Gasteiger partial charge on any atom is 0.344 e. The first-order chi connectivity index (χ1) is 18.1. The predicted molar refractivity (Wildman–Crippen MR) is 148 cm³/mol. The highest BCUT2D eigenvalue weighted by Crippen LogP contribution is 2.53. The first-order valence-corrected chi connectivity index (χ1v) is 15.1. The number of hydrogen-bond acceptors (Lipinski definition) is 3. The first kappa shape index (κ1) is 24.6. The Morgan fingerprint density at radius 2 is 1.30 bits per heavy atom. The molecule has 0 aromatic heterocycles. The fourth-order valence-electron chi connectivity index (χ4n) is 7.23. The van der Waals surface area contributed by atoms with Gasteiger partial charge in [-0.05, 0) is 111 Å². The molecule has 4 bridgehead atoms. The third-order valence-corrected chi connectivity index (χ3v) is 11.1. The fourth-order valence-corrected chi connectivity index (χ4v) is 9.31. The van der Waals surface area contributed by atoms with Crippen LogP contribution in [0.15, 0.2) is 99.6 Å². The van der Waals surface area contributed by atoms with Crippen LogP contribution in [0.1, 0.15) is 51.9 Å². The van der Waals surface area contributed by atoms with E-state index in [2.05, 4.69) is 79.7 Å². The molecule has 3 atom stereocenters. The van der Waals surface area contributed by atoms with Crippen molar-refractivity contribution >= 4 is 16.9 Å². The molecule has 3 unspecified atom stereocenters. The van der Waals surface area contributed by atoms with Gasteiger partial charge in [0.05, 0.1) is 10.9 Å². The summed E-state index contributed by atoms with van der Waals surface area (Å²) in [6, 6.07) is 29.4. The van der Waals surface area contributed by atoms with E-state index in [4.69, 9.17) is 9.47 Å². The van der Waals surface area contributed by atoms with Crippen molar-refractivity contribution in [2.24, 2.45) is 23.7 Å². The Labute approximate surface area is 223 Å². The van der Waals surface area contributed by atoms with Crippen molar-refractivity contribution in [3.8, 4) is 5.75 Å². The van der Waals surface area contributed by atoms with Gasteiger partial charge in [0.25, 0.3) is 0 Å². The highest BCUT2D eigenvalue weighted by Gasteiger charge is 2.49. The van der Waals surface area contributed by atoms with Crippen LogP contribution in [0.3, 0.4) is 0 Å². The molecule has 0 aliphatic heterocycles. The number of hydrogen-bond donors (Lipinski definition) is 0. The van der Waals surface area contributed by atoms with E-state index in [1.54, 1.807) is 0 Å². The van der Waals surface area contributed by atoms with Gasteiger partial charge in [-0.3, -0.25) is 0 Å². The zero-order chi connectivity index (χ0) is 25.2. The molecule has 4 aliphatic rings. The number of carbonyl (C=O) groups excluding carboxylic acids is 1. The number of benzene rings is 3. The highest BCUT2D eigenvalue weighted by molar-refractivity contribution is 7.97. The zero-order valence-corrected chi connectivity index (χ0v) is 22.5. The van der Waals surface area contributed by atoms with Gasteiger partial charge in [-0.15, -0.1) is 0 Å². The molecule has 0 saturated heterocycles. The van der Waals surface area contributed by atoms with Crippen LogP contribution in [0.5, 0.6) is 5.75 Å². The molecule has 0 amide bonds. The minimum Gasteiger partial charge on any atom is -0.482 e. The molecule has 37 heavy (non-hydrogen) atoms. The number of fused-ring (bicyclic) bond motifs is 2. The van der Waals surface area contributed by atoms with Crippen LogP contribution >= 0.6 is 0 Å². The second-order valence-electron chi connectivity index (χ2n) is 11.5. The third kappa shape index (κ3) is 5.45. The molecule has 3 aromatic carbocycles. The second kappa shape index (κ2) is 10.6. The molecule has 0 heterocycles. The lowest BCUT2D eigenvalue weighted by Crippen LogP contribution is -2.41. The lowest BCUT2D eigenvalue weighted by Gasteiger charge is -2.36. The monoisotopic (exact) mass is 513 g/mol. The third-order valence-electron chi connectivity index (χ3n) is 8.83. The van der Waals surface area contributed by atoms with Gasteiger partial charge in [-0.1, -0.05) is 49.2 Å². The lowest BCUT2D eigenvalue weighted by atomic mass is 9.80. The van der Waals surface area contributed by atoms with Gasteiger partial charge in [0, 0.05) is 0 Å². The summed E-state index contributed by atoms with van der Waals surface area (Å²) in [7, 11) is -0.199. The summed E-state index contributed by atoms with van der Waals surface area (Å²) in [6.07, 6.45) is 8.88. The van der Waals surface area contributed by atoms with Crippen LogP contribution in [-0.2, 0) is 20.4 Å². The molecule has 0 radical (unpaired) electrons. The summed E-state index contributed by atoms with van der Waals surface area (Å²) in [5.74, 6) is 3.32. The van der Waals surface area contributed by atoms with Crippen LogP contribution in [-0.4, -0.2) is 18.2 Å². The summed E-state index contributed by atoms with van der Waals surface area (Å²) >= 11 is 0. The van der Waals surface area contributed by atoms with Crippen molar-refractivity contribution < 1.29 is 14.3 Å². The highest BCUT2D eigenvalue weighted by atomic mass is 32.2. The molecule has 192 valence electrons. The molecule has 4 saturated carbocycles. The molecule has 3 nitrogen and oxygen atoms in total. The second-order valence-corrected chi connectivity index (χ2v) is 13.5. The molecule has 4 heteroatoms. The summed E-state index contributed by atoms with van der Waals surface area (Å²) in [5.41, 5.74) is -0.345. The largest absolute Gasteiger partial charge is 0.482 e. The zero-order valence-electron chi connectivity index (χ0n) is 21.7. The fraction of sp³-hybridized carbons (Fsp3) is 0.424. The Hall–Kier alpha value is -2.72. The Bertz CT molecular complexity index is 1140. The minimum absolute atomic E-state index is 0.0394. The molecule has 0 spiro atoms. The standard InChI is InChI=1S/C33H37O3S/c1-33(22-26-18-24-12-13-25(19-26)21-27(33)20-24)36-32(34)23-35-28-14-16-31(17-15-28)37(29-8-4-2-5-9-29)30-10-6-3-7-11-30/h2-11,14-17,24-27H,12-13,18-23H2,1H3/q+1. The Kier molecular flexibility index (Phi) is 7.03. The summed E-state index contributed by atoms with van der Waals surface area (Å²) < 4.78 is 12.2. The van der Waals surface area contributed by atoms with E-state index in [9.17, 15) is 4.79 Å². The van der Waals surface area contributed by atoms with Crippen LogP contribution < -0.4 is 4.74 Å². The Morgan fingerprint density at radius 3 is 1.86 bits per heavy atom. The lowest BCUT2D eigenvalue weighted by molar-refractivity contribution is -0.168. The molecule has 0 N–H and O–H groups in total. The number of rotatable bonds is 7. The van der Waals surface area contributed by atoms with E-state index in [1.807, 2.05) is 12.1 Å². The SMILES string of the molecule is CC1(OC(=O)COc2ccc([S+](c3ccccc3)c3ccccc3)cc2)CC2CC3CCC(C2)CC1C3. The number of carbonyl (C=O) groups is 1. The van der Waals surface area contributed by atoms with Crippen LogP contribution in [0.4, 0.5) is 0 Å². The number of esters is 1. The quantitative estimate of drug-likeness (QED) is 0.240. The average Bonchev–Trinajstić information content (AvgIpc) is 3.33. The smallest absolute Gasteiger partial charge is 0.344 e. The molecular formula is C33H37O3S+. The maximum atomic E-state index is 13.0. The van der Waals surface area contributed by atoms with Crippen molar-refractivity contribution in [1.82, 2.24) is 0 Å². The maximum absolute atomic E-state index is 13.0. The van der Waals surface area contributed by atoms with Crippen molar-refractivity contribution in [3.05, 3.63) is 84.9 Å². The van der Waals surface area contributed by atoms with Crippen LogP contribution in [0.25, 0.3) is 0 Å². The molecule has 4 fully saturated rings. The topological polar surface area (TPSA) is 35.5 Å². The van der Waals surface area contributed by atoms with Crippen molar-refractivity contribution in [1.29, 1.82) is 0 Å². The molecule has 7 rings (SSSR count). The predicted octanol–water partition coefficient (Wildman–Crippen LogP) is 7.70. The first-order valence-electron chi connectivity index (χ1n) is 13.8. The van der Waals surface area contributed by atoms with Gasteiger partial charge >= 0.3 is 5.97 Å². The Balaban J connectivity index is 1.12. The van der Waals surface area contributed by atoms with Crippen molar-refractivity contribution in [2.45, 2.75) is 72.2 Å². The number of ether oxygens (including phenoxy) is 2. The summed E-state index contributed by atoms with van der Waals surface area (Å²) in [4.78, 5) is 16.7. The van der Waals surface area contributed by atoms with E-state index in [0.717, 1.165) is 18.3 Å². The van der Waals surface area contributed by atoms with Gasteiger partial charge in [-0.2, -0.15) is 0 Å². The average molecular weight is 514 g/mol. The van der Waals surface area contributed by atoms with E-state index in [-0.39, 0.29) is 29.1 Å². The van der Waals surface area contributed by atoms with Gasteiger partial charge in [0.15, 0.2) is 21.3 Å². The van der Waals surface area contributed by atoms with E-state index in [0.29, 0.717) is 17.6 Å².